The second kappa shape index (κ2) is 11.2. The van der Waals surface area contributed by atoms with Crippen molar-refractivity contribution in [2.24, 2.45) is 0 Å². The van der Waals surface area contributed by atoms with Crippen LogP contribution in [0, 0.1) is 0 Å². The molecule has 0 aliphatic carbocycles. The van der Waals surface area contributed by atoms with E-state index < -0.39 is 12.5 Å². The summed E-state index contributed by atoms with van der Waals surface area (Å²) in [5.41, 5.74) is 1.41. The summed E-state index contributed by atoms with van der Waals surface area (Å²) in [7, 11) is 0. The number of halogens is 2. The Labute approximate surface area is 208 Å². The van der Waals surface area contributed by atoms with Crippen molar-refractivity contribution in [1.29, 1.82) is 0 Å². The Hall–Kier alpha value is -2.68. The number of carboxylic acid groups (broad SMARTS) is 1. The van der Waals surface area contributed by atoms with Gasteiger partial charge >= 0.3 is 5.97 Å². The van der Waals surface area contributed by atoms with E-state index >= 15 is 0 Å². The van der Waals surface area contributed by atoms with Gasteiger partial charge in [-0.25, -0.2) is 0 Å². The number of aliphatic carboxylic acids is 1. The molecule has 0 spiro atoms. The first-order valence-corrected chi connectivity index (χ1v) is 12.0. The van der Waals surface area contributed by atoms with Crippen molar-refractivity contribution < 1.29 is 24.2 Å². The molecule has 1 amide bonds. The van der Waals surface area contributed by atoms with Crippen LogP contribution in [0.4, 0.5) is 11.4 Å². The first-order valence-electron chi connectivity index (χ1n) is 11.3. The molecule has 34 heavy (non-hydrogen) atoms. The van der Waals surface area contributed by atoms with Gasteiger partial charge in [0.1, 0.15) is 18.0 Å². The van der Waals surface area contributed by atoms with Gasteiger partial charge in [0.25, 0.3) is 5.91 Å². The van der Waals surface area contributed by atoms with Gasteiger partial charge in [-0.2, -0.15) is 0 Å². The minimum atomic E-state index is -1.08. The van der Waals surface area contributed by atoms with E-state index in [1.807, 2.05) is 12.1 Å². The molecular weight excluding hydrogens is 481 g/mol. The Kier molecular flexibility index (Phi) is 8.03. The lowest BCUT2D eigenvalue weighted by molar-refractivity contribution is -0.137. The third kappa shape index (κ3) is 5.87. The number of anilines is 2. The number of carboxylic acids is 1. The van der Waals surface area contributed by atoms with E-state index in [0.717, 1.165) is 51.3 Å². The number of carbonyl (C=O) groups is 2. The molecule has 0 radical (unpaired) electrons. The third-order valence-electron chi connectivity index (χ3n) is 5.95. The van der Waals surface area contributed by atoms with Crippen molar-refractivity contribution in [3.63, 3.8) is 0 Å². The van der Waals surface area contributed by atoms with Gasteiger partial charge in [-0.15, -0.1) is 0 Å². The molecule has 0 atom stereocenters. The van der Waals surface area contributed by atoms with Crippen LogP contribution in [0.3, 0.4) is 0 Å². The molecule has 2 aliphatic rings. The topological polar surface area (TPSA) is 82.5 Å². The van der Waals surface area contributed by atoms with Crippen LogP contribution < -0.4 is 19.3 Å². The van der Waals surface area contributed by atoms with E-state index in [4.69, 9.17) is 37.8 Å². The predicted octanol–water partition coefficient (Wildman–Crippen LogP) is 3.78. The zero-order chi connectivity index (χ0) is 24.1. The summed E-state index contributed by atoms with van der Waals surface area (Å²) in [4.78, 5) is 29.1. The number of fused-ring (bicyclic) bond motifs is 1. The summed E-state index contributed by atoms with van der Waals surface area (Å²) in [5.74, 6) is -0.403. The average Bonchev–Trinajstić information content (AvgIpc) is 2.83. The van der Waals surface area contributed by atoms with Gasteiger partial charge < -0.3 is 19.5 Å². The fraction of sp³-hybridized carbons (Fsp3) is 0.417. The van der Waals surface area contributed by atoms with Crippen LogP contribution >= 0.6 is 23.2 Å². The maximum absolute atomic E-state index is 12.1. The third-order valence-corrected chi connectivity index (χ3v) is 6.76. The number of amides is 1. The van der Waals surface area contributed by atoms with Gasteiger partial charge in [0.05, 0.1) is 28.0 Å². The normalized spacial score (nSPS) is 16.2. The molecule has 2 aliphatic heterocycles. The van der Waals surface area contributed by atoms with Crippen molar-refractivity contribution in [2.45, 2.75) is 12.8 Å². The van der Waals surface area contributed by atoms with Crippen LogP contribution in [0.1, 0.15) is 12.8 Å². The van der Waals surface area contributed by atoms with E-state index in [9.17, 15) is 9.59 Å². The molecule has 2 aromatic rings. The molecule has 182 valence electrons. The van der Waals surface area contributed by atoms with Crippen molar-refractivity contribution >= 4 is 46.5 Å². The number of hydrogen-bond acceptors (Lipinski definition) is 6. The second-order valence-corrected chi connectivity index (χ2v) is 9.03. The van der Waals surface area contributed by atoms with Crippen LogP contribution in [0.5, 0.6) is 11.5 Å². The summed E-state index contributed by atoms with van der Waals surface area (Å²) in [5, 5.41) is 10.3. The molecule has 1 saturated heterocycles. The van der Waals surface area contributed by atoms with Crippen LogP contribution in [-0.2, 0) is 9.59 Å². The number of carbonyl (C=O) groups excluding carboxylic acids is 1. The van der Waals surface area contributed by atoms with E-state index in [-0.39, 0.29) is 12.5 Å². The van der Waals surface area contributed by atoms with E-state index in [1.54, 1.807) is 24.3 Å². The summed E-state index contributed by atoms with van der Waals surface area (Å²) in [6.45, 7) is 4.67. The Morgan fingerprint density at radius 2 is 1.85 bits per heavy atom. The highest BCUT2D eigenvalue weighted by atomic mass is 35.5. The molecule has 8 nitrogen and oxygen atoms in total. The van der Waals surface area contributed by atoms with Crippen LogP contribution in [0.25, 0.3) is 0 Å². The lowest BCUT2D eigenvalue weighted by Crippen LogP contribution is -2.46. The van der Waals surface area contributed by atoms with Gasteiger partial charge in [-0.3, -0.25) is 19.4 Å². The zero-order valence-electron chi connectivity index (χ0n) is 18.7. The van der Waals surface area contributed by atoms with Crippen molar-refractivity contribution in [2.75, 3.05) is 62.3 Å². The molecule has 0 unspecified atom stereocenters. The fourth-order valence-corrected chi connectivity index (χ4v) is 4.57. The van der Waals surface area contributed by atoms with Gasteiger partial charge in [-0.1, -0.05) is 29.3 Å². The first-order chi connectivity index (χ1) is 16.4. The maximum Gasteiger partial charge on any atom is 0.323 e. The molecule has 2 heterocycles. The monoisotopic (exact) mass is 507 g/mol. The summed E-state index contributed by atoms with van der Waals surface area (Å²) in [6, 6.07) is 10.9. The molecule has 0 bridgehead atoms. The standard InChI is InChI=1S/C24H27Cl2N3O5/c25-18-4-3-5-19(24(18)26)28-11-9-27(10-12-28)8-1-2-13-33-17-6-7-21-20(14-17)29(15-23(31)32)22(30)16-34-21/h3-7,14H,1-2,8-13,15-16H2,(H,31,32). The molecule has 1 N–H and O–H groups in total. The maximum atomic E-state index is 12.1. The predicted molar refractivity (Wildman–Crippen MR) is 132 cm³/mol. The highest BCUT2D eigenvalue weighted by Gasteiger charge is 2.27. The van der Waals surface area contributed by atoms with Gasteiger partial charge in [0.15, 0.2) is 6.61 Å². The Morgan fingerprint density at radius 1 is 1.06 bits per heavy atom. The van der Waals surface area contributed by atoms with Crippen molar-refractivity contribution in [3.8, 4) is 11.5 Å². The minimum absolute atomic E-state index is 0.166. The second-order valence-electron chi connectivity index (χ2n) is 8.25. The lowest BCUT2D eigenvalue weighted by Gasteiger charge is -2.36. The summed E-state index contributed by atoms with van der Waals surface area (Å²) >= 11 is 12.5. The largest absolute Gasteiger partial charge is 0.494 e. The smallest absolute Gasteiger partial charge is 0.323 e. The number of hydrogen-bond donors (Lipinski definition) is 1. The molecule has 4 rings (SSSR count). The highest BCUT2D eigenvalue weighted by Crippen LogP contribution is 2.35. The number of nitrogens with zero attached hydrogens (tertiary/aromatic N) is 3. The van der Waals surface area contributed by atoms with Crippen LogP contribution in [0.2, 0.25) is 10.0 Å². The van der Waals surface area contributed by atoms with Gasteiger partial charge in [0, 0.05) is 32.2 Å². The lowest BCUT2D eigenvalue weighted by atomic mass is 10.2. The highest BCUT2D eigenvalue weighted by molar-refractivity contribution is 6.43. The molecule has 10 heteroatoms. The van der Waals surface area contributed by atoms with Crippen molar-refractivity contribution in [3.05, 3.63) is 46.4 Å². The molecule has 0 saturated carbocycles. The zero-order valence-corrected chi connectivity index (χ0v) is 20.2. The average molecular weight is 508 g/mol. The van der Waals surface area contributed by atoms with E-state index in [2.05, 4.69) is 9.80 Å². The number of unbranched alkanes of at least 4 members (excludes halogenated alkanes) is 1. The Morgan fingerprint density at radius 3 is 2.62 bits per heavy atom. The SMILES string of the molecule is O=C(O)CN1C(=O)COc2ccc(OCCCCN3CCN(c4cccc(Cl)c4Cl)CC3)cc21. The quantitative estimate of drug-likeness (QED) is 0.517. The number of ether oxygens (including phenoxy) is 2. The van der Waals surface area contributed by atoms with E-state index in [0.29, 0.717) is 33.8 Å². The number of benzene rings is 2. The molecule has 2 aromatic carbocycles. The number of rotatable bonds is 9. The minimum Gasteiger partial charge on any atom is -0.494 e. The van der Waals surface area contributed by atoms with Crippen LogP contribution in [-0.4, -0.2) is 74.4 Å². The van der Waals surface area contributed by atoms with Crippen LogP contribution in [0.15, 0.2) is 36.4 Å². The Balaban J connectivity index is 1.20. The molecular formula is C24H27Cl2N3O5. The molecule has 1 fully saturated rings. The van der Waals surface area contributed by atoms with Gasteiger partial charge in [-0.05, 0) is 43.7 Å². The summed E-state index contributed by atoms with van der Waals surface area (Å²) in [6.07, 6.45) is 1.88. The summed E-state index contributed by atoms with van der Waals surface area (Å²) < 4.78 is 11.3. The Bertz CT molecular complexity index is 1040. The van der Waals surface area contributed by atoms with Gasteiger partial charge in [0.2, 0.25) is 0 Å². The van der Waals surface area contributed by atoms with E-state index in [1.165, 1.54) is 4.90 Å². The molecule has 0 aromatic heterocycles. The fourth-order valence-electron chi connectivity index (χ4n) is 4.16. The number of piperazine rings is 1. The van der Waals surface area contributed by atoms with Crippen molar-refractivity contribution in [1.82, 2.24) is 4.90 Å². The first kappa shape index (κ1) is 24.4.